The maximum Gasteiger partial charge on any atom is 0.0692 e. The second-order valence-corrected chi connectivity index (χ2v) is 8.26. The first kappa shape index (κ1) is 16.7. The fraction of sp³-hybridized carbons (Fsp3) is 1.00. The fourth-order valence-electron chi connectivity index (χ4n) is 5.00. The first-order chi connectivity index (χ1) is 10.7. The summed E-state index contributed by atoms with van der Waals surface area (Å²) in [6, 6.07) is 1.49. The van der Waals surface area contributed by atoms with Gasteiger partial charge in [0, 0.05) is 18.6 Å². The predicted molar refractivity (Wildman–Crippen MR) is 92.0 cm³/mol. The topological polar surface area (TPSA) is 35.5 Å². The van der Waals surface area contributed by atoms with Crippen LogP contribution >= 0.6 is 0 Å². The highest BCUT2D eigenvalue weighted by molar-refractivity contribution is 4.86. The summed E-state index contributed by atoms with van der Waals surface area (Å²) in [5.74, 6) is 1.49. The van der Waals surface area contributed by atoms with E-state index in [2.05, 4.69) is 17.1 Å². The Hall–Kier alpha value is -0.120. The van der Waals surface area contributed by atoms with Crippen LogP contribution in [0, 0.1) is 11.8 Å². The van der Waals surface area contributed by atoms with Crippen molar-refractivity contribution in [3.8, 4) is 0 Å². The summed E-state index contributed by atoms with van der Waals surface area (Å²) in [6.07, 6.45) is 13.2. The molecule has 0 aromatic rings. The van der Waals surface area contributed by atoms with E-state index in [1.165, 1.54) is 77.3 Å². The average molecular weight is 309 g/mol. The molecule has 3 atom stereocenters. The number of nitrogens with one attached hydrogen (secondary N) is 1. The maximum absolute atomic E-state index is 10.3. The second-order valence-electron chi connectivity index (χ2n) is 8.26. The van der Waals surface area contributed by atoms with Gasteiger partial charge < -0.3 is 15.3 Å². The molecule has 0 amide bonds. The van der Waals surface area contributed by atoms with Crippen molar-refractivity contribution in [2.75, 3.05) is 19.6 Å². The van der Waals surface area contributed by atoms with Crippen LogP contribution in [0.3, 0.4) is 0 Å². The molecule has 0 bridgehead atoms. The van der Waals surface area contributed by atoms with Gasteiger partial charge in [0.2, 0.25) is 0 Å². The van der Waals surface area contributed by atoms with Gasteiger partial charge in [0.25, 0.3) is 0 Å². The lowest BCUT2D eigenvalue weighted by Crippen LogP contribution is -2.49. The van der Waals surface area contributed by atoms with Crippen LogP contribution in [-0.4, -0.2) is 47.8 Å². The van der Waals surface area contributed by atoms with Crippen molar-refractivity contribution < 1.29 is 5.11 Å². The standard InChI is InChI=1S/C19H36N2O/c1-15-5-4-8-18(13-15)21-11-9-17(10-12-21)20-14-19(22)16-6-2-3-7-16/h15-20,22H,2-14H2,1H3. The summed E-state index contributed by atoms with van der Waals surface area (Å²) in [5, 5.41) is 13.9. The number of rotatable bonds is 5. The summed E-state index contributed by atoms with van der Waals surface area (Å²) in [5.41, 5.74) is 0. The Kier molecular flexibility index (Phi) is 6.17. The minimum Gasteiger partial charge on any atom is -0.392 e. The molecule has 3 aliphatic rings. The van der Waals surface area contributed by atoms with E-state index in [-0.39, 0.29) is 6.10 Å². The highest BCUT2D eigenvalue weighted by Gasteiger charge is 2.29. The number of aliphatic hydroxyl groups excluding tert-OH is 1. The number of likely N-dealkylation sites (tertiary alicyclic amines) is 1. The Balaban J connectivity index is 1.34. The highest BCUT2D eigenvalue weighted by atomic mass is 16.3. The summed E-state index contributed by atoms with van der Waals surface area (Å²) >= 11 is 0. The van der Waals surface area contributed by atoms with E-state index in [0.717, 1.165) is 18.5 Å². The molecule has 22 heavy (non-hydrogen) atoms. The molecule has 3 heteroatoms. The molecule has 1 heterocycles. The van der Waals surface area contributed by atoms with Gasteiger partial charge in [-0.15, -0.1) is 0 Å². The first-order valence-corrected chi connectivity index (χ1v) is 9.88. The Morgan fingerprint density at radius 2 is 1.73 bits per heavy atom. The number of piperidine rings is 1. The molecule has 0 aromatic heterocycles. The highest BCUT2D eigenvalue weighted by Crippen LogP contribution is 2.30. The monoisotopic (exact) mass is 308 g/mol. The number of hydrogen-bond donors (Lipinski definition) is 2. The quantitative estimate of drug-likeness (QED) is 0.819. The van der Waals surface area contributed by atoms with Crippen LogP contribution in [0.15, 0.2) is 0 Å². The molecule has 2 N–H and O–H groups in total. The van der Waals surface area contributed by atoms with E-state index in [0.29, 0.717) is 12.0 Å². The van der Waals surface area contributed by atoms with Crippen molar-refractivity contribution in [2.45, 2.75) is 89.3 Å². The first-order valence-electron chi connectivity index (χ1n) is 9.88. The van der Waals surface area contributed by atoms with Gasteiger partial charge in [0.05, 0.1) is 6.10 Å². The second kappa shape index (κ2) is 8.12. The summed E-state index contributed by atoms with van der Waals surface area (Å²) < 4.78 is 0. The van der Waals surface area contributed by atoms with Gasteiger partial charge in [-0.25, -0.2) is 0 Å². The molecule has 3 fully saturated rings. The van der Waals surface area contributed by atoms with Crippen molar-refractivity contribution >= 4 is 0 Å². The molecule has 3 rings (SSSR count). The van der Waals surface area contributed by atoms with Crippen LogP contribution in [0.4, 0.5) is 0 Å². The van der Waals surface area contributed by atoms with E-state index in [4.69, 9.17) is 0 Å². The van der Waals surface area contributed by atoms with Crippen LogP contribution < -0.4 is 5.32 Å². The zero-order valence-electron chi connectivity index (χ0n) is 14.5. The van der Waals surface area contributed by atoms with E-state index in [9.17, 15) is 5.11 Å². The number of hydrogen-bond acceptors (Lipinski definition) is 3. The third kappa shape index (κ3) is 4.46. The van der Waals surface area contributed by atoms with E-state index >= 15 is 0 Å². The van der Waals surface area contributed by atoms with Gasteiger partial charge in [-0.2, -0.15) is 0 Å². The zero-order valence-corrected chi connectivity index (χ0v) is 14.5. The van der Waals surface area contributed by atoms with E-state index in [1.807, 2.05) is 0 Å². The molecule has 3 nitrogen and oxygen atoms in total. The van der Waals surface area contributed by atoms with E-state index < -0.39 is 0 Å². The molecule has 0 radical (unpaired) electrons. The summed E-state index contributed by atoms with van der Waals surface area (Å²) in [7, 11) is 0. The minimum atomic E-state index is -0.111. The molecule has 0 spiro atoms. The lowest BCUT2D eigenvalue weighted by atomic mass is 9.85. The average Bonchev–Trinajstić information content (AvgIpc) is 3.08. The molecule has 2 saturated carbocycles. The Morgan fingerprint density at radius 3 is 2.41 bits per heavy atom. The van der Waals surface area contributed by atoms with Gasteiger partial charge in [-0.3, -0.25) is 0 Å². The molecule has 128 valence electrons. The molecular formula is C19H36N2O. The third-order valence-electron chi connectivity index (χ3n) is 6.51. The summed E-state index contributed by atoms with van der Waals surface area (Å²) in [6.45, 7) is 5.75. The number of aliphatic hydroxyl groups is 1. The van der Waals surface area contributed by atoms with Crippen molar-refractivity contribution in [1.29, 1.82) is 0 Å². The van der Waals surface area contributed by atoms with Gasteiger partial charge in [0.15, 0.2) is 0 Å². The van der Waals surface area contributed by atoms with Gasteiger partial charge in [0.1, 0.15) is 0 Å². The Bertz CT molecular complexity index is 321. The lowest BCUT2D eigenvalue weighted by molar-refractivity contribution is 0.0829. The third-order valence-corrected chi connectivity index (χ3v) is 6.51. The molecule has 1 saturated heterocycles. The zero-order chi connectivity index (χ0) is 15.4. The predicted octanol–water partition coefficient (Wildman–Crippen LogP) is 3.17. The van der Waals surface area contributed by atoms with Crippen molar-refractivity contribution in [2.24, 2.45) is 11.8 Å². The minimum absolute atomic E-state index is 0.111. The Morgan fingerprint density at radius 1 is 1.00 bits per heavy atom. The molecular weight excluding hydrogens is 272 g/mol. The number of nitrogens with zero attached hydrogens (tertiary/aromatic N) is 1. The molecule has 3 unspecified atom stereocenters. The van der Waals surface area contributed by atoms with E-state index in [1.54, 1.807) is 0 Å². The van der Waals surface area contributed by atoms with Crippen LogP contribution in [0.5, 0.6) is 0 Å². The van der Waals surface area contributed by atoms with Crippen LogP contribution in [0.1, 0.15) is 71.1 Å². The van der Waals surface area contributed by atoms with Gasteiger partial charge in [-0.05, 0) is 63.5 Å². The van der Waals surface area contributed by atoms with Gasteiger partial charge in [-0.1, -0.05) is 32.6 Å². The lowest BCUT2D eigenvalue weighted by Gasteiger charge is -2.41. The molecule has 2 aliphatic carbocycles. The van der Waals surface area contributed by atoms with Crippen LogP contribution in [0.25, 0.3) is 0 Å². The normalized spacial score (nSPS) is 34.1. The largest absolute Gasteiger partial charge is 0.392 e. The van der Waals surface area contributed by atoms with Crippen LogP contribution in [0.2, 0.25) is 0 Å². The molecule has 0 aromatic carbocycles. The Labute approximate surface area is 136 Å². The fourth-order valence-corrected chi connectivity index (χ4v) is 5.00. The van der Waals surface area contributed by atoms with Gasteiger partial charge >= 0.3 is 0 Å². The van der Waals surface area contributed by atoms with Crippen molar-refractivity contribution in [3.05, 3.63) is 0 Å². The van der Waals surface area contributed by atoms with Crippen molar-refractivity contribution in [3.63, 3.8) is 0 Å². The molecule has 1 aliphatic heterocycles. The SMILES string of the molecule is CC1CCCC(N2CCC(NCC(O)C3CCCC3)CC2)C1. The maximum atomic E-state index is 10.3. The smallest absolute Gasteiger partial charge is 0.0692 e. The summed E-state index contributed by atoms with van der Waals surface area (Å²) in [4.78, 5) is 2.75. The van der Waals surface area contributed by atoms with Crippen LogP contribution in [-0.2, 0) is 0 Å². The van der Waals surface area contributed by atoms with Crippen molar-refractivity contribution in [1.82, 2.24) is 10.2 Å².